The number of hydrogen-bond donors (Lipinski definition) is 0. The zero-order chi connectivity index (χ0) is 14.7. The molecular formula is C18H18O3. The predicted octanol–water partition coefficient (Wildman–Crippen LogP) is 3.29. The zero-order valence-corrected chi connectivity index (χ0v) is 12.0. The topological polar surface area (TPSA) is 35.5 Å². The van der Waals surface area contributed by atoms with Crippen LogP contribution >= 0.6 is 0 Å². The van der Waals surface area contributed by atoms with Crippen LogP contribution < -0.4 is 4.74 Å². The third-order valence-corrected chi connectivity index (χ3v) is 3.68. The molecule has 108 valence electrons. The first-order valence-corrected chi connectivity index (χ1v) is 7.15. The Bertz CT molecular complexity index is 648. The average Bonchev–Trinajstić information content (AvgIpc) is 2.52. The van der Waals surface area contributed by atoms with Crippen LogP contribution in [0.4, 0.5) is 0 Å². The Morgan fingerprint density at radius 2 is 2.10 bits per heavy atom. The van der Waals surface area contributed by atoms with Gasteiger partial charge < -0.3 is 9.47 Å². The summed E-state index contributed by atoms with van der Waals surface area (Å²) in [5.41, 5.74) is 3.25. The molecule has 0 aromatic heterocycles. The molecule has 0 N–H and O–H groups in total. The van der Waals surface area contributed by atoms with Crippen molar-refractivity contribution in [2.45, 2.75) is 20.0 Å². The van der Waals surface area contributed by atoms with Crippen LogP contribution in [0.5, 0.6) is 5.75 Å². The maximum atomic E-state index is 12.2. The van der Waals surface area contributed by atoms with Crippen molar-refractivity contribution in [1.82, 2.24) is 0 Å². The monoisotopic (exact) mass is 282 g/mol. The van der Waals surface area contributed by atoms with Crippen molar-refractivity contribution in [3.8, 4) is 5.75 Å². The Hall–Kier alpha value is -2.29. The van der Waals surface area contributed by atoms with Gasteiger partial charge in [-0.15, -0.1) is 0 Å². The minimum Gasteiger partial charge on any atom is -0.492 e. The zero-order valence-electron chi connectivity index (χ0n) is 12.0. The molecule has 2 aromatic carbocycles. The summed E-state index contributed by atoms with van der Waals surface area (Å²) in [5.74, 6) is 0.468. The SMILES string of the molecule is Cc1cccc(COC(=O)C2COc3ccccc3C2)c1. The summed E-state index contributed by atoms with van der Waals surface area (Å²) < 4.78 is 11.0. The molecule has 1 aliphatic rings. The van der Waals surface area contributed by atoms with Crippen LogP contribution in [0.2, 0.25) is 0 Å². The average molecular weight is 282 g/mol. The normalized spacial score (nSPS) is 16.7. The third-order valence-electron chi connectivity index (χ3n) is 3.68. The Labute approximate surface area is 124 Å². The minimum absolute atomic E-state index is 0.189. The number of carbonyl (C=O) groups is 1. The first kappa shape index (κ1) is 13.7. The summed E-state index contributed by atoms with van der Waals surface area (Å²) in [6.07, 6.45) is 0.683. The van der Waals surface area contributed by atoms with Crippen molar-refractivity contribution in [3.63, 3.8) is 0 Å². The van der Waals surface area contributed by atoms with Gasteiger partial charge in [-0.25, -0.2) is 0 Å². The third kappa shape index (κ3) is 3.24. The van der Waals surface area contributed by atoms with E-state index in [4.69, 9.17) is 9.47 Å². The fourth-order valence-electron chi connectivity index (χ4n) is 2.55. The molecule has 0 amide bonds. The Morgan fingerprint density at radius 3 is 2.95 bits per heavy atom. The van der Waals surface area contributed by atoms with E-state index in [1.54, 1.807) is 0 Å². The largest absolute Gasteiger partial charge is 0.492 e. The molecule has 0 aliphatic carbocycles. The van der Waals surface area contributed by atoms with Crippen molar-refractivity contribution >= 4 is 5.97 Å². The quantitative estimate of drug-likeness (QED) is 0.810. The number of aryl methyl sites for hydroxylation is 1. The van der Waals surface area contributed by atoms with E-state index in [0.717, 1.165) is 16.9 Å². The van der Waals surface area contributed by atoms with Gasteiger partial charge in [-0.1, -0.05) is 48.0 Å². The molecule has 1 unspecified atom stereocenters. The van der Waals surface area contributed by atoms with Gasteiger partial charge in [0.15, 0.2) is 0 Å². The lowest BCUT2D eigenvalue weighted by Crippen LogP contribution is -2.29. The summed E-state index contributed by atoms with van der Waals surface area (Å²) in [7, 11) is 0. The molecule has 2 aromatic rings. The molecule has 0 fully saturated rings. The predicted molar refractivity (Wildman–Crippen MR) is 80.1 cm³/mol. The molecular weight excluding hydrogens is 264 g/mol. The van der Waals surface area contributed by atoms with Gasteiger partial charge in [0.25, 0.3) is 0 Å². The van der Waals surface area contributed by atoms with Crippen molar-refractivity contribution in [3.05, 3.63) is 65.2 Å². The Morgan fingerprint density at radius 1 is 1.24 bits per heavy atom. The van der Waals surface area contributed by atoms with Crippen LogP contribution in [0.25, 0.3) is 0 Å². The minimum atomic E-state index is -0.218. The molecule has 0 saturated heterocycles. The molecule has 1 aliphatic heterocycles. The van der Waals surface area contributed by atoms with E-state index in [0.29, 0.717) is 19.6 Å². The maximum Gasteiger partial charge on any atom is 0.313 e. The smallest absolute Gasteiger partial charge is 0.313 e. The summed E-state index contributed by atoms with van der Waals surface area (Å²) >= 11 is 0. The summed E-state index contributed by atoms with van der Waals surface area (Å²) in [6, 6.07) is 15.8. The van der Waals surface area contributed by atoms with Gasteiger partial charge in [-0.05, 0) is 30.5 Å². The van der Waals surface area contributed by atoms with Gasteiger partial charge in [0, 0.05) is 0 Å². The fourth-order valence-corrected chi connectivity index (χ4v) is 2.55. The van der Waals surface area contributed by atoms with Crippen molar-refractivity contribution in [1.29, 1.82) is 0 Å². The van der Waals surface area contributed by atoms with E-state index in [9.17, 15) is 4.79 Å². The maximum absolute atomic E-state index is 12.2. The van der Waals surface area contributed by atoms with Crippen molar-refractivity contribution < 1.29 is 14.3 Å². The second kappa shape index (κ2) is 6.00. The van der Waals surface area contributed by atoms with Crippen molar-refractivity contribution in [2.24, 2.45) is 5.92 Å². The molecule has 21 heavy (non-hydrogen) atoms. The molecule has 1 heterocycles. The molecule has 0 radical (unpaired) electrons. The highest BCUT2D eigenvalue weighted by molar-refractivity contribution is 5.73. The van der Waals surface area contributed by atoms with E-state index in [1.807, 2.05) is 55.5 Å². The standard InChI is InChI=1S/C18H18O3/c1-13-5-4-6-14(9-13)11-21-18(19)16-10-15-7-2-3-8-17(15)20-12-16/h2-9,16H,10-12H2,1H3. The van der Waals surface area contributed by atoms with Gasteiger partial charge in [0.1, 0.15) is 19.0 Å². The summed E-state index contributed by atoms with van der Waals surface area (Å²) in [6.45, 7) is 2.74. The number of benzene rings is 2. The molecule has 1 atom stereocenters. The Balaban J connectivity index is 1.59. The van der Waals surface area contributed by atoms with E-state index in [1.165, 1.54) is 5.56 Å². The van der Waals surface area contributed by atoms with Crippen LogP contribution in [0.15, 0.2) is 48.5 Å². The van der Waals surface area contributed by atoms with Crippen molar-refractivity contribution in [2.75, 3.05) is 6.61 Å². The summed E-state index contributed by atoms with van der Waals surface area (Å²) in [5, 5.41) is 0. The Kier molecular flexibility index (Phi) is 3.91. The molecule has 0 bridgehead atoms. The first-order chi connectivity index (χ1) is 10.2. The number of esters is 1. The number of fused-ring (bicyclic) bond motifs is 1. The van der Waals surface area contributed by atoms with Gasteiger partial charge in [0.05, 0.1) is 5.92 Å². The molecule has 0 spiro atoms. The van der Waals surface area contributed by atoms with Crippen LogP contribution in [0, 0.1) is 12.8 Å². The number of carbonyl (C=O) groups excluding carboxylic acids is 1. The van der Waals surface area contributed by atoms with Crippen LogP contribution in [0.3, 0.4) is 0 Å². The highest BCUT2D eigenvalue weighted by Gasteiger charge is 2.26. The van der Waals surface area contributed by atoms with E-state index < -0.39 is 0 Å². The van der Waals surface area contributed by atoms with Gasteiger partial charge in [-0.2, -0.15) is 0 Å². The lowest BCUT2D eigenvalue weighted by Gasteiger charge is -2.23. The lowest BCUT2D eigenvalue weighted by molar-refractivity contribution is -0.151. The number of ether oxygens (including phenoxy) is 2. The number of hydrogen-bond acceptors (Lipinski definition) is 3. The second-order valence-electron chi connectivity index (χ2n) is 5.42. The van der Waals surface area contributed by atoms with Gasteiger partial charge in [-0.3, -0.25) is 4.79 Å². The molecule has 0 saturated carbocycles. The fraction of sp³-hybridized carbons (Fsp3) is 0.278. The number of para-hydroxylation sites is 1. The van der Waals surface area contributed by atoms with Crippen LogP contribution in [-0.4, -0.2) is 12.6 Å². The van der Waals surface area contributed by atoms with E-state index in [2.05, 4.69) is 0 Å². The molecule has 3 nitrogen and oxygen atoms in total. The van der Waals surface area contributed by atoms with Gasteiger partial charge >= 0.3 is 5.97 Å². The van der Waals surface area contributed by atoms with Gasteiger partial charge in [0.2, 0.25) is 0 Å². The summed E-state index contributed by atoms with van der Waals surface area (Å²) in [4.78, 5) is 12.2. The lowest BCUT2D eigenvalue weighted by atomic mass is 9.97. The number of rotatable bonds is 3. The van der Waals surface area contributed by atoms with Crippen LogP contribution in [0.1, 0.15) is 16.7 Å². The highest BCUT2D eigenvalue weighted by Crippen LogP contribution is 2.27. The van der Waals surface area contributed by atoms with E-state index in [-0.39, 0.29) is 11.9 Å². The molecule has 3 heteroatoms. The second-order valence-corrected chi connectivity index (χ2v) is 5.42. The molecule has 3 rings (SSSR count). The van der Waals surface area contributed by atoms with E-state index >= 15 is 0 Å². The highest BCUT2D eigenvalue weighted by atomic mass is 16.5. The van der Waals surface area contributed by atoms with Crippen LogP contribution in [-0.2, 0) is 22.6 Å². The first-order valence-electron chi connectivity index (χ1n) is 7.15.